The Balaban J connectivity index is 3.17. The molecule has 2 aliphatic rings. The molecule has 28 heteroatoms. The smallest absolute Gasteiger partial charge is 0.256 e. The first-order valence-electron chi connectivity index (χ1n) is 35.5. The maximum atomic E-state index is 15.7. The van der Waals surface area contributed by atoms with E-state index >= 15 is 38.4 Å². The number of hydrogen-bond acceptors (Lipinski definition) is 17. The predicted molar refractivity (Wildman–Crippen MR) is 390 cm³/mol. The highest BCUT2D eigenvalue weighted by Gasteiger charge is 2.47. The van der Waals surface area contributed by atoms with E-state index in [4.69, 9.17) is 9.47 Å². The van der Waals surface area contributed by atoms with Gasteiger partial charge in [0.15, 0.2) is 5.37 Å². The molecule has 5 N–H and O–H groups in total. The lowest BCUT2D eigenvalue weighted by molar-refractivity contribution is -0.157. The topological polar surface area (TPSA) is 300 Å². The van der Waals surface area contributed by atoms with Crippen LogP contribution in [0.1, 0.15) is 163 Å². The number of aliphatic hydroxyl groups excluding tert-OH is 1. The number of carbonyl (C=O) groups is 11. The molecule has 0 bridgehead atoms. The number of aliphatic hydroxyl groups is 1. The number of carbonyl (C=O) groups excluding carboxylic acids is 11. The lowest BCUT2D eigenvalue weighted by Crippen LogP contribution is -2.64. The molecule has 0 radical (unpaired) electrons. The maximum Gasteiger partial charge on any atom is 0.256 e. The molecular weight excluding hydrogens is 1310 g/mol. The van der Waals surface area contributed by atoms with Crippen molar-refractivity contribution >= 4 is 88.5 Å². The number of allylic oxidation sites excluding steroid dienone is 2. The summed E-state index contributed by atoms with van der Waals surface area (Å²) in [5.41, 5.74) is -1.06. The van der Waals surface area contributed by atoms with Crippen molar-refractivity contribution in [2.75, 3.05) is 100 Å². The van der Waals surface area contributed by atoms with E-state index in [1.165, 1.54) is 116 Å². The number of thioether (sulfide) groups is 2. The average Bonchev–Trinajstić information content (AvgIpc) is 0.808. The van der Waals surface area contributed by atoms with Crippen LogP contribution >= 0.6 is 23.5 Å². The van der Waals surface area contributed by atoms with Crippen LogP contribution in [0.15, 0.2) is 12.2 Å². The normalized spacial score (nSPS) is 26.8. The number of ether oxygens (including phenoxy) is 2. The summed E-state index contributed by atoms with van der Waals surface area (Å²) in [6.07, 6.45) is 5.11. The Kier molecular flexibility index (Phi) is 38.1. The summed E-state index contributed by atoms with van der Waals surface area (Å²) in [6.45, 7) is 33.0. The van der Waals surface area contributed by atoms with Gasteiger partial charge in [-0.15, -0.1) is 23.5 Å². The van der Waals surface area contributed by atoms with Crippen LogP contribution in [0.5, 0.6) is 0 Å². The van der Waals surface area contributed by atoms with E-state index in [2.05, 4.69) is 26.2 Å². The standard InChI is InChI=1S/C71H128N12O14S2/c1-26-28-30-47(13)58(84)57-62(88)74-50(27-2)64(90)82(24)70(99-36-29-31-83-32-34-96-35-33-83)69(95)79(21)54(40-71(16,17)97-41-98-25)61(87)75-55(45(9)10)67(93)76(18)51(37-42(3)4)60(86)72-48(14)59(85)73-49(15)63(89)77(19)52(38-43(5)6)65(91)78(20)53(39-44(7)8)66(92)80(22)56(46(11)12)68(94)81(57)23/h26,28,42-58,70,84H,27,29-41H2,1-25H3,(H,72,86)(H,73,85)(H,74,88)(H,75,87)/b28-26+/t47-,48+,49-,50+,51+,52+,53+,54+,55+,56+,57+,58-,70-/m1/s1. The van der Waals surface area contributed by atoms with E-state index < -0.39 is 160 Å². The van der Waals surface area contributed by atoms with Gasteiger partial charge in [-0.1, -0.05) is 95.2 Å². The Hall–Kier alpha value is -5.55. The lowest BCUT2D eigenvalue weighted by Gasteiger charge is -2.41. The third-order valence-electron chi connectivity index (χ3n) is 18.7. The Bertz CT molecular complexity index is 2700. The van der Waals surface area contributed by atoms with E-state index in [0.29, 0.717) is 51.4 Å². The van der Waals surface area contributed by atoms with Crippen molar-refractivity contribution < 1.29 is 67.3 Å². The molecule has 0 aliphatic carbocycles. The van der Waals surface area contributed by atoms with Crippen LogP contribution in [0.3, 0.4) is 0 Å². The van der Waals surface area contributed by atoms with Crippen molar-refractivity contribution in [3.8, 4) is 0 Å². The lowest BCUT2D eigenvalue weighted by atomic mass is 9.91. The van der Waals surface area contributed by atoms with Crippen molar-refractivity contribution in [3.63, 3.8) is 0 Å². The third kappa shape index (κ3) is 26.3. The fourth-order valence-corrected chi connectivity index (χ4v) is 14.0. The largest absolute Gasteiger partial charge is 0.390 e. The van der Waals surface area contributed by atoms with Gasteiger partial charge in [-0.05, 0) is 127 Å². The molecule has 11 amide bonds. The zero-order valence-corrected chi connectivity index (χ0v) is 66.2. The van der Waals surface area contributed by atoms with Crippen LogP contribution in [-0.4, -0.2) is 287 Å². The second-order valence-electron chi connectivity index (χ2n) is 29.7. The molecule has 0 aromatic heterocycles. The van der Waals surface area contributed by atoms with Crippen LogP contribution in [0.4, 0.5) is 0 Å². The van der Waals surface area contributed by atoms with Crippen molar-refractivity contribution in [1.29, 1.82) is 0 Å². The number of likely N-dealkylation sites (N-methyl/N-ethyl adjacent to an activating group) is 7. The predicted octanol–water partition coefficient (Wildman–Crippen LogP) is 4.51. The van der Waals surface area contributed by atoms with Gasteiger partial charge in [-0.25, -0.2) is 0 Å². The summed E-state index contributed by atoms with van der Waals surface area (Å²) in [5, 5.41) is 22.3. The Morgan fingerprint density at radius 3 is 1.56 bits per heavy atom. The summed E-state index contributed by atoms with van der Waals surface area (Å²) in [5.74, 6) is -9.38. The minimum atomic E-state index is -1.66. The molecule has 568 valence electrons. The van der Waals surface area contributed by atoms with E-state index in [1.54, 1.807) is 61.5 Å². The van der Waals surface area contributed by atoms with Crippen molar-refractivity contribution in [2.24, 2.45) is 35.5 Å². The molecule has 0 aromatic carbocycles. The first kappa shape index (κ1) is 89.5. The minimum absolute atomic E-state index is 0.0168. The Morgan fingerprint density at radius 1 is 0.566 bits per heavy atom. The summed E-state index contributed by atoms with van der Waals surface area (Å²) >= 11 is 2.59. The van der Waals surface area contributed by atoms with Gasteiger partial charge < -0.3 is 70.1 Å². The fraction of sp³-hybridized carbons (Fsp3) is 0.817. The summed E-state index contributed by atoms with van der Waals surface area (Å²) in [4.78, 5) is 177. The summed E-state index contributed by atoms with van der Waals surface area (Å²) in [6, 6.07) is -12.9. The molecule has 2 heterocycles. The van der Waals surface area contributed by atoms with Gasteiger partial charge in [0.1, 0.15) is 60.4 Å². The number of hydrogen-bond donors (Lipinski definition) is 5. The van der Waals surface area contributed by atoms with Gasteiger partial charge >= 0.3 is 0 Å². The molecule has 2 fully saturated rings. The maximum absolute atomic E-state index is 15.7. The first-order chi connectivity index (χ1) is 46.0. The van der Waals surface area contributed by atoms with Crippen molar-refractivity contribution in [3.05, 3.63) is 12.2 Å². The molecule has 99 heavy (non-hydrogen) atoms. The van der Waals surface area contributed by atoms with Crippen LogP contribution in [-0.2, 0) is 62.2 Å². The highest BCUT2D eigenvalue weighted by Crippen LogP contribution is 2.29. The van der Waals surface area contributed by atoms with E-state index in [-0.39, 0.29) is 55.8 Å². The van der Waals surface area contributed by atoms with Crippen LogP contribution in [0.2, 0.25) is 0 Å². The first-order valence-corrected chi connectivity index (χ1v) is 37.9. The minimum Gasteiger partial charge on any atom is -0.390 e. The van der Waals surface area contributed by atoms with E-state index in [1.807, 2.05) is 60.8 Å². The second-order valence-corrected chi connectivity index (χ2v) is 31.7. The Labute approximate surface area is 601 Å². The van der Waals surface area contributed by atoms with Gasteiger partial charge in [0.25, 0.3) is 5.91 Å². The van der Waals surface area contributed by atoms with Crippen molar-refractivity contribution in [2.45, 2.75) is 240 Å². The van der Waals surface area contributed by atoms with Crippen molar-refractivity contribution in [1.82, 2.24) is 60.5 Å². The van der Waals surface area contributed by atoms with Gasteiger partial charge in [-0.3, -0.25) is 57.6 Å². The van der Waals surface area contributed by atoms with Gasteiger partial charge in [0, 0.05) is 68.8 Å². The Morgan fingerprint density at radius 2 is 1.05 bits per heavy atom. The molecule has 0 aromatic rings. The van der Waals surface area contributed by atoms with Crippen LogP contribution in [0.25, 0.3) is 0 Å². The van der Waals surface area contributed by atoms with Crippen LogP contribution in [0, 0.1) is 35.5 Å². The zero-order valence-electron chi connectivity index (χ0n) is 64.6. The summed E-state index contributed by atoms with van der Waals surface area (Å²) < 4.78 is 11.8. The average molecular weight is 1440 g/mol. The van der Waals surface area contributed by atoms with E-state index in [0.717, 1.165) is 4.90 Å². The summed E-state index contributed by atoms with van der Waals surface area (Å²) in [7, 11) is 10.1. The fourth-order valence-electron chi connectivity index (χ4n) is 12.5. The molecule has 0 unspecified atom stereocenters. The van der Waals surface area contributed by atoms with E-state index in [9.17, 15) is 19.5 Å². The molecule has 0 spiro atoms. The monoisotopic (exact) mass is 1440 g/mol. The molecule has 2 aliphatic heterocycles. The molecule has 2 rings (SSSR count). The number of rotatable bonds is 23. The number of nitrogens with zero attached hydrogens (tertiary/aromatic N) is 8. The molecule has 26 nitrogen and oxygen atoms in total. The number of amides is 11. The number of morpholine rings is 1. The molecule has 13 atom stereocenters. The highest BCUT2D eigenvalue weighted by atomic mass is 32.2. The number of nitrogens with one attached hydrogen (secondary N) is 4. The second kappa shape index (κ2) is 42.1. The SMILES string of the molecule is C/C=C/C[C@@H](C)[C@@H](O)[C@H]1C(=O)N[C@@H](CC)C(=O)N(C)[C@H](SCCCN2CCOCC2)C(=O)N(C)[C@@H](CC(C)(C)OCSC)C(=O)N[C@@H](C(C)C)C(=O)N(C)[C@@H](CC(C)C)C(=O)N[C@@H](C)C(=O)N[C@H](C)C(=O)N(C)[C@@H](CC(C)C)C(=O)N(C)[C@@H](CC(C)C)C(=O)N(C)[C@@H](C(C)C)C(=O)N1C. The highest BCUT2D eigenvalue weighted by molar-refractivity contribution is 8.00. The zero-order chi connectivity index (χ0) is 75.8. The van der Waals surface area contributed by atoms with Gasteiger partial charge in [0.05, 0.1) is 30.9 Å². The molecule has 0 saturated carbocycles. The van der Waals surface area contributed by atoms with Crippen LogP contribution < -0.4 is 21.3 Å². The van der Waals surface area contributed by atoms with Gasteiger partial charge in [-0.2, -0.15) is 0 Å². The third-order valence-corrected chi connectivity index (χ3v) is 20.5. The van der Waals surface area contributed by atoms with Gasteiger partial charge in [0.2, 0.25) is 59.1 Å². The quantitative estimate of drug-likeness (QED) is 0.0534. The molecule has 2 saturated heterocycles. The molecular formula is C71H128N12O14S2.